The molecule has 0 fully saturated rings. The molecule has 1 aromatic heterocycles. The Kier molecular flexibility index (Phi) is 2.92. The van der Waals surface area contributed by atoms with Crippen molar-refractivity contribution in [2.75, 3.05) is 13.7 Å². The third-order valence-electron chi connectivity index (χ3n) is 2.53. The largest absolute Gasteiger partial charge is 0.497 e. The Morgan fingerprint density at radius 1 is 1.33 bits per heavy atom. The van der Waals surface area contributed by atoms with E-state index in [1.54, 1.807) is 7.11 Å². The number of hydrogen-bond acceptors (Lipinski definition) is 2. The van der Waals surface area contributed by atoms with E-state index < -0.39 is 0 Å². The number of fused-ring (bicyclic) bond motifs is 1. The maximum Gasteiger partial charge on any atom is 0.119 e. The molecule has 15 heavy (non-hydrogen) atoms. The molecule has 0 atom stereocenters. The molecule has 3 N–H and O–H groups in total. The molecule has 1 heterocycles. The molecule has 2 rings (SSSR count). The van der Waals surface area contributed by atoms with E-state index in [-0.39, 0.29) is 0 Å². The fraction of sp³-hybridized carbons (Fsp3) is 0.333. The number of aryl methyl sites for hydroxylation is 1. The summed E-state index contributed by atoms with van der Waals surface area (Å²) in [7, 11) is 1.68. The van der Waals surface area contributed by atoms with Crippen LogP contribution in [0.3, 0.4) is 0 Å². The van der Waals surface area contributed by atoms with E-state index >= 15 is 0 Å². The van der Waals surface area contributed by atoms with E-state index in [0.717, 1.165) is 30.7 Å². The number of H-pyrrole nitrogens is 1. The van der Waals surface area contributed by atoms with Crippen LogP contribution in [0.4, 0.5) is 0 Å². The summed E-state index contributed by atoms with van der Waals surface area (Å²) in [5.74, 6) is 0.895. The van der Waals surface area contributed by atoms with Crippen molar-refractivity contribution in [1.82, 2.24) is 4.98 Å². The summed E-state index contributed by atoms with van der Waals surface area (Å²) in [4.78, 5) is 3.37. The normalized spacial score (nSPS) is 10.8. The first-order valence-electron chi connectivity index (χ1n) is 5.19. The van der Waals surface area contributed by atoms with Gasteiger partial charge in [-0.05, 0) is 43.7 Å². The number of aromatic amines is 1. The minimum absolute atomic E-state index is 0.735. The van der Waals surface area contributed by atoms with Crippen LogP contribution in [0.2, 0.25) is 0 Å². The number of nitrogens with one attached hydrogen (secondary N) is 1. The smallest absolute Gasteiger partial charge is 0.119 e. The fourth-order valence-electron chi connectivity index (χ4n) is 1.72. The zero-order valence-corrected chi connectivity index (χ0v) is 8.92. The molecule has 0 unspecified atom stereocenters. The standard InChI is InChI=1S/C12H16N2O/c1-15-11-4-5-12-9(8-11)7-10(14-12)3-2-6-13/h4-5,7-8,14H,2-3,6,13H2,1H3. The Morgan fingerprint density at radius 2 is 2.20 bits per heavy atom. The van der Waals surface area contributed by atoms with Gasteiger partial charge < -0.3 is 15.5 Å². The SMILES string of the molecule is COc1ccc2[nH]c(CCCN)cc2c1. The third-order valence-corrected chi connectivity index (χ3v) is 2.53. The molecule has 0 saturated carbocycles. The van der Waals surface area contributed by atoms with Crippen LogP contribution in [0, 0.1) is 0 Å². The molecule has 0 aliphatic rings. The Bertz CT molecular complexity index is 448. The summed E-state index contributed by atoms with van der Waals surface area (Å²) >= 11 is 0. The second-order valence-electron chi connectivity index (χ2n) is 3.64. The van der Waals surface area contributed by atoms with Gasteiger partial charge in [0.25, 0.3) is 0 Å². The molecule has 0 saturated heterocycles. The van der Waals surface area contributed by atoms with Gasteiger partial charge in [0.2, 0.25) is 0 Å². The average Bonchev–Trinajstić information content (AvgIpc) is 2.67. The quantitative estimate of drug-likeness (QED) is 0.801. The highest BCUT2D eigenvalue weighted by Crippen LogP contribution is 2.21. The van der Waals surface area contributed by atoms with Crippen LogP contribution in [0.15, 0.2) is 24.3 Å². The number of rotatable bonds is 4. The Labute approximate surface area is 89.2 Å². The van der Waals surface area contributed by atoms with Crippen molar-refractivity contribution in [2.45, 2.75) is 12.8 Å². The molecule has 0 spiro atoms. The van der Waals surface area contributed by atoms with E-state index in [0.29, 0.717) is 0 Å². The number of benzene rings is 1. The topological polar surface area (TPSA) is 51.0 Å². The summed E-state index contributed by atoms with van der Waals surface area (Å²) in [5, 5.41) is 1.20. The summed E-state index contributed by atoms with van der Waals surface area (Å²) in [6.07, 6.45) is 2.03. The number of methoxy groups -OCH3 is 1. The molecule has 0 bridgehead atoms. The lowest BCUT2D eigenvalue weighted by Gasteiger charge is -1.97. The Balaban J connectivity index is 2.29. The van der Waals surface area contributed by atoms with Gasteiger partial charge in [0.05, 0.1) is 7.11 Å². The third kappa shape index (κ3) is 2.13. The summed E-state index contributed by atoms with van der Waals surface area (Å²) in [6, 6.07) is 8.21. The lowest BCUT2D eigenvalue weighted by Crippen LogP contribution is -2.00. The molecule has 80 valence electrons. The molecule has 3 nitrogen and oxygen atoms in total. The second-order valence-corrected chi connectivity index (χ2v) is 3.64. The second kappa shape index (κ2) is 4.36. The van der Waals surface area contributed by atoms with E-state index in [9.17, 15) is 0 Å². The monoisotopic (exact) mass is 204 g/mol. The molecule has 3 heteroatoms. The average molecular weight is 204 g/mol. The number of hydrogen-bond donors (Lipinski definition) is 2. The first kappa shape index (κ1) is 10.1. The van der Waals surface area contributed by atoms with E-state index in [2.05, 4.69) is 11.1 Å². The van der Waals surface area contributed by atoms with Gasteiger partial charge in [0.15, 0.2) is 0 Å². The first-order chi connectivity index (χ1) is 7.33. The minimum atomic E-state index is 0.735. The maximum absolute atomic E-state index is 5.48. The van der Waals surface area contributed by atoms with Crippen LogP contribution in [0.1, 0.15) is 12.1 Å². The number of ether oxygens (including phenoxy) is 1. The molecule has 2 aromatic rings. The highest BCUT2D eigenvalue weighted by Gasteiger charge is 2.01. The van der Waals surface area contributed by atoms with Gasteiger partial charge in [0.1, 0.15) is 5.75 Å². The van der Waals surface area contributed by atoms with Crippen molar-refractivity contribution in [1.29, 1.82) is 0 Å². The highest BCUT2D eigenvalue weighted by molar-refractivity contribution is 5.81. The van der Waals surface area contributed by atoms with Crippen LogP contribution in [-0.4, -0.2) is 18.6 Å². The van der Waals surface area contributed by atoms with E-state index in [1.165, 1.54) is 11.1 Å². The Morgan fingerprint density at radius 3 is 2.93 bits per heavy atom. The van der Waals surface area contributed by atoms with Crippen molar-refractivity contribution in [3.8, 4) is 5.75 Å². The van der Waals surface area contributed by atoms with Gasteiger partial charge in [-0.2, -0.15) is 0 Å². The molecule has 0 aliphatic carbocycles. The molecule has 0 amide bonds. The minimum Gasteiger partial charge on any atom is -0.497 e. The molecule has 0 aliphatic heterocycles. The van der Waals surface area contributed by atoms with Gasteiger partial charge in [-0.25, -0.2) is 0 Å². The van der Waals surface area contributed by atoms with Gasteiger partial charge >= 0.3 is 0 Å². The lowest BCUT2D eigenvalue weighted by molar-refractivity contribution is 0.415. The van der Waals surface area contributed by atoms with Crippen LogP contribution >= 0.6 is 0 Å². The molecule has 0 radical (unpaired) electrons. The van der Waals surface area contributed by atoms with E-state index in [4.69, 9.17) is 10.5 Å². The zero-order valence-electron chi connectivity index (χ0n) is 8.92. The van der Waals surface area contributed by atoms with Crippen LogP contribution in [0.25, 0.3) is 10.9 Å². The number of nitrogens with two attached hydrogens (primary N) is 1. The van der Waals surface area contributed by atoms with Crippen LogP contribution in [0.5, 0.6) is 5.75 Å². The van der Waals surface area contributed by atoms with Crippen molar-refractivity contribution in [3.63, 3.8) is 0 Å². The van der Waals surface area contributed by atoms with Gasteiger partial charge in [0, 0.05) is 16.6 Å². The summed E-state index contributed by atoms with van der Waals surface area (Å²) < 4.78 is 5.18. The van der Waals surface area contributed by atoms with Crippen LogP contribution in [-0.2, 0) is 6.42 Å². The predicted octanol–water partition coefficient (Wildman–Crippen LogP) is 2.07. The zero-order chi connectivity index (χ0) is 10.7. The van der Waals surface area contributed by atoms with Gasteiger partial charge in [-0.1, -0.05) is 0 Å². The highest BCUT2D eigenvalue weighted by atomic mass is 16.5. The number of aromatic nitrogens is 1. The van der Waals surface area contributed by atoms with Crippen molar-refractivity contribution < 1.29 is 4.74 Å². The lowest BCUT2D eigenvalue weighted by atomic mass is 10.2. The van der Waals surface area contributed by atoms with E-state index in [1.807, 2.05) is 18.2 Å². The summed E-state index contributed by atoms with van der Waals surface area (Å²) in [6.45, 7) is 0.735. The van der Waals surface area contributed by atoms with Crippen molar-refractivity contribution in [2.24, 2.45) is 5.73 Å². The summed E-state index contributed by atoms with van der Waals surface area (Å²) in [5.41, 5.74) is 7.88. The first-order valence-corrected chi connectivity index (χ1v) is 5.19. The molecular weight excluding hydrogens is 188 g/mol. The Hall–Kier alpha value is -1.48. The fourth-order valence-corrected chi connectivity index (χ4v) is 1.72. The predicted molar refractivity (Wildman–Crippen MR) is 62.2 cm³/mol. The van der Waals surface area contributed by atoms with Crippen molar-refractivity contribution >= 4 is 10.9 Å². The van der Waals surface area contributed by atoms with Crippen molar-refractivity contribution in [3.05, 3.63) is 30.0 Å². The molecular formula is C12H16N2O. The molecule has 1 aromatic carbocycles. The maximum atomic E-state index is 5.48. The van der Waals surface area contributed by atoms with Crippen LogP contribution < -0.4 is 10.5 Å². The van der Waals surface area contributed by atoms with Gasteiger partial charge in [-0.15, -0.1) is 0 Å². The van der Waals surface area contributed by atoms with Gasteiger partial charge in [-0.3, -0.25) is 0 Å².